The van der Waals surface area contributed by atoms with Crippen LogP contribution in [0.5, 0.6) is 0 Å². The number of aryl methyl sites for hydroxylation is 1. The lowest BCUT2D eigenvalue weighted by atomic mass is 10.1. The molecule has 5 heteroatoms. The van der Waals surface area contributed by atoms with E-state index in [0.29, 0.717) is 12.3 Å². The molecule has 0 saturated carbocycles. The van der Waals surface area contributed by atoms with Crippen molar-refractivity contribution in [3.8, 4) is 0 Å². The zero-order valence-electron chi connectivity index (χ0n) is 11.0. The number of likely N-dealkylation sites (N-methyl/N-ethyl adjacent to an activating group) is 1. The van der Waals surface area contributed by atoms with Crippen LogP contribution in [0.1, 0.15) is 25.4 Å². The minimum absolute atomic E-state index is 0.0578. The van der Waals surface area contributed by atoms with E-state index in [1.165, 1.54) is 18.7 Å². The van der Waals surface area contributed by atoms with E-state index in [1.54, 1.807) is 13.1 Å². The van der Waals surface area contributed by atoms with Crippen molar-refractivity contribution in [2.45, 2.75) is 27.3 Å². The van der Waals surface area contributed by atoms with Crippen LogP contribution in [0.2, 0.25) is 0 Å². The molecule has 0 saturated heterocycles. The Hall–Kier alpha value is -2.04. The number of carbonyl (C=O) groups excluding carboxylic acids is 1. The van der Waals surface area contributed by atoms with E-state index < -0.39 is 5.97 Å². The average molecular weight is 251 g/mol. The zero-order valence-corrected chi connectivity index (χ0v) is 11.0. The second kappa shape index (κ2) is 5.53. The minimum atomic E-state index is -1.08. The van der Waals surface area contributed by atoms with Gasteiger partial charge in [0.2, 0.25) is 5.91 Å². The Labute approximate surface area is 106 Å². The first-order valence-corrected chi connectivity index (χ1v) is 5.54. The van der Waals surface area contributed by atoms with Crippen LogP contribution in [0.25, 0.3) is 0 Å². The normalized spacial score (nSPS) is 12.0. The first kappa shape index (κ1) is 14.0. The second-order valence-corrected chi connectivity index (χ2v) is 4.23. The average Bonchev–Trinajstić information content (AvgIpc) is 2.71. The molecule has 0 aliphatic rings. The molecule has 5 nitrogen and oxygen atoms in total. The summed E-state index contributed by atoms with van der Waals surface area (Å²) in [6.45, 7) is 5.07. The SMILES string of the molecule is CC(C(=O)O)=C(C)C(=O)N(C)Cc1ccc(C)o1. The largest absolute Gasteiger partial charge is 0.478 e. The highest BCUT2D eigenvalue weighted by atomic mass is 16.4. The van der Waals surface area contributed by atoms with E-state index in [-0.39, 0.29) is 17.1 Å². The van der Waals surface area contributed by atoms with Gasteiger partial charge in [-0.2, -0.15) is 0 Å². The van der Waals surface area contributed by atoms with Crippen LogP contribution in [0.4, 0.5) is 0 Å². The van der Waals surface area contributed by atoms with Crippen LogP contribution < -0.4 is 0 Å². The highest BCUT2D eigenvalue weighted by molar-refractivity contribution is 6.01. The first-order valence-electron chi connectivity index (χ1n) is 5.54. The number of rotatable bonds is 4. The van der Waals surface area contributed by atoms with Gasteiger partial charge in [0, 0.05) is 18.2 Å². The Kier molecular flexibility index (Phi) is 4.31. The van der Waals surface area contributed by atoms with Crippen LogP contribution in [0.15, 0.2) is 27.7 Å². The molecule has 1 N–H and O–H groups in total. The highest BCUT2D eigenvalue weighted by Gasteiger charge is 2.17. The van der Waals surface area contributed by atoms with E-state index in [0.717, 1.165) is 5.76 Å². The van der Waals surface area contributed by atoms with Crippen molar-refractivity contribution in [3.63, 3.8) is 0 Å². The Bertz CT molecular complexity index is 499. The molecule has 18 heavy (non-hydrogen) atoms. The number of carboxylic acids is 1. The standard InChI is InChI=1S/C13H17NO4/c1-8-5-6-11(18-8)7-14(4)12(15)9(2)10(3)13(16)17/h5-6H,7H2,1-4H3,(H,16,17). The molecule has 1 aromatic heterocycles. The summed E-state index contributed by atoms with van der Waals surface area (Å²) in [6.07, 6.45) is 0. The van der Waals surface area contributed by atoms with Crippen LogP contribution in [-0.4, -0.2) is 28.9 Å². The van der Waals surface area contributed by atoms with Gasteiger partial charge in [-0.05, 0) is 32.9 Å². The van der Waals surface area contributed by atoms with Crippen molar-refractivity contribution in [1.82, 2.24) is 4.90 Å². The Morgan fingerprint density at radius 2 is 1.89 bits per heavy atom. The van der Waals surface area contributed by atoms with Crippen molar-refractivity contribution in [2.75, 3.05) is 7.05 Å². The van der Waals surface area contributed by atoms with E-state index in [2.05, 4.69) is 0 Å². The molecule has 0 unspecified atom stereocenters. The third kappa shape index (κ3) is 3.23. The fraction of sp³-hybridized carbons (Fsp3) is 0.385. The number of hydrogen-bond acceptors (Lipinski definition) is 3. The number of carbonyl (C=O) groups is 2. The van der Waals surface area contributed by atoms with Gasteiger partial charge < -0.3 is 14.4 Å². The van der Waals surface area contributed by atoms with Gasteiger partial charge in [-0.25, -0.2) is 4.79 Å². The molecule has 1 heterocycles. The summed E-state index contributed by atoms with van der Waals surface area (Å²) in [4.78, 5) is 24.2. The molecule has 0 aliphatic carbocycles. The van der Waals surface area contributed by atoms with Gasteiger partial charge in [0.15, 0.2) is 0 Å². The lowest BCUT2D eigenvalue weighted by Crippen LogP contribution is -2.27. The molecular weight excluding hydrogens is 234 g/mol. The van der Waals surface area contributed by atoms with Gasteiger partial charge in [-0.1, -0.05) is 0 Å². The number of aliphatic carboxylic acids is 1. The van der Waals surface area contributed by atoms with Gasteiger partial charge >= 0.3 is 5.97 Å². The van der Waals surface area contributed by atoms with E-state index in [1.807, 2.05) is 13.0 Å². The molecule has 0 radical (unpaired) electrons. The molecule has 0 fully saturated rings. The summed E-state index contributed by atoms with van der Waals surface area (Å²) in [6, 6.07) is 3.61. The van der Waals surface area contributed by atoms with Crippen LogP contribution >= 0.6 is 0 Å². The van der Waals surface area contributed by atoms with Crippen molar-refractivity contribution in [3.05, 3.63) is 34.8 Å². The van der Waals surface area contributed by atoms with Gasteiger partial charge in [-0.3, -0.25) is 4.79 Å². The van der Waals surface area contributed by atoms with Crippen molar-refractivity contribution >= 4 is 11.9 Å². The summed E-state index contributed by atoms with van der Waals surface area (Å²) < 4.78 is 5.37. The van der Waals surface area contributed by atoms with Gasteiger partial charge in [-0.15, -0.1) is 0 Å². The molecule has 1 amide bonds. The van der Waals surface area contributed by atoms with Gasteiger partial charge in [0.25, 0.3) is 0 Å². The minimum Gasteiger partial charge on any atom is -0.478 e. The molecule has 1 rings (SSSR count). The summed E-state index contributed by atoms with van der Waals surface area (Å²) in [5.74, 6) is 0.0519. The summed E-state index contributed by atoms with van der Waals surface area (Å²) in [5.41, 5.74) is 0.288. The lowest BCUT2D eigenvalue weighted by Gasteiger charge is -2.16. The molecule has 0 aliphatic heterocycles. The van der Waals surface area contributed by atoms with E-state index in [9.17, 15) is 9.59 Å². The third-order valence-corrected chi connectivity index (χ3v) is 2.74. The number of furan rings is 1. The maximum Gasteiger partial charge on any atom is 0.331 e. The number of amides is 1. The maximum absolute atomic E-state index is 12.0. The number of carboxylic acid groups (broad SMARTS) is 1. The number of hydrogen-bond donors (Lipinski definition) is 1. The first-order chi connectivity index (χ1) is 8.32. The molecule has 0 spiro atoms. The zero-order chi connectivity index (χ0) is 13.9. The molecular formula is C13H17NO4. The smallest absolute Gasteiger partial charge is 0.331 e. The molecule has 1 aromatic rings. The molecule has 98 valence electrons. The number of nitrogens with zero attached hydrogens (tertiary/aromatic N) is 1. The van der Waals surface area contributed by atoms with Gasteiger partial charge in [0.1, 0.15) is 11.5 Å². The summed E-state index contributed by atoms with van der Waals surface area (Å²) in [7, 11) is 1.61. The fourth-order valence-electron chi connectivity index (χ4n) is 1.48. The predicted octanol–water partition coefficient (Wildman–Crippen LogP) is 1.97. The van der Waals surface area contributed by atoms with Crippen molar-refractivity contribution < 1.29 is 19.1 Å². The quantitative estimate of drug-likeness (QED) is 0.830. The fourth-order valence-corrected chi connectivity index (χ4v) is 1.48. The molecule has 0 aromatic carbocycles. The summed E-state index contributed by atoms with van der Waals surface area (Å²) in [5, 5.41) is 8.83. The summed E-state index contributed by atoms with van der Waals surface area (Å²) >= 11 is 0. The Morgan fingerprint density at radius 1 is 1.28 bits per heavy atom. The molecule has 0 bridgehead atoms. The lowest BCUT2D eigenvalue weighted by molar-refractivity contribution is -0.133. The van der Waals surface area contributed by atoms with Crippen molar-refractivity contribution in [1.29, 1.82) is 0 Å². The Morgan fingerprint density at radius 3 is 2.33 bits per heavy atom. The molecule has 0 atom stereocenters. The second-order valence-electron chi connectivity index (χ2n) is 4.23. The highest BCUT2D eigenvalue weighted by Crippen LogP contribution is 2.12. The monoisotopic (exact) mass is 251 g/mol. The third-order valence-electron chi connectivity index (χ3n) is 2.74. The predicted molar refractivity (Wildman–Crippen MR) is 65.9 cm³/mol. The van der Waals surface area contributed by atoms with Crippen molar-refractivity contribution in [2.24, 2.45) is 0 Å². The van der Waals surface area contributed by atoms with Crippen LogP contribution in [-0.2, 0) is 16.1 Å². The topological polar surface area (TPSA) is 70.8 Å². The van der Waals surface area contributed by atoms with E-state index >= 15 is 0 Å². The van der Waals surface area contributed by atoms with Crippen LogP contribution in [0.3, 0.4) is 0 Å². The maximum atomic E-state index is 12.0. The Balaban J connectivity index is 2.79. The van der Waals surface area contributed by atoms with E-state index in [4.69, 9.17) is 9.52 Å². The van der Waals surface area contributed by atoms with Crippen LogP contribution in [0, 0.1) is 6.92 Å². The van der Waals surface area contributed by atoms with Gasteiger partial charge in [0.05, 0.1) is 6.54 Å².